The van der Waals surface area contributed by atoms with Crippen LogP contribution in [0.1, 0.15) is 33.1 Å². The van der Waals surface area contributed by atoms with Crippen LogP contribution < -0.4 is 15.1 Å². The number of para-hydroxylation sites is 1. The van der Waals surface area contributed by atoms with E-state index in [1.807, 2.05) is 6.07 Å². The van der Waals surface area contributed by atoms with Gasteiger partial charge in [0.2, 0.25) is 5.95 Å². The van der Waals surface area contributed by atoms with Crippen LogP contribution in [0.4, 0.5) is 23.1 Å². The molecule has 28 heavy (non-hydrogen) atoms. The summed E-state index contributed by atoms with van der Waals surface area (Å²) in [7, 11) is 0. The van der Waals surface area contributed by atoms with E-state index < -0.39 is 0 Å². The molecular weight excluding hydrogens is 346 g/mol. The molecule has 3 aromatic rings. The molecule has 146 valence electrons. The summed E-state index contributed by atoms with van der Waals surface area (Å²) in [6.45, 7) is 8.52. The van der Waals surface area contributed by atoms with Crippen molar-refractivity contribution in [2.45, 2.75) is 33.1 Å². The first-order chi connectivity index (χ1) is 13.8. The number of benzene rings is 2. The predicted octanol–water partition coefficient (Wildman–Crippen LogP) is 5.21. The lowest BCUT2D eigenvalue weighted by molar-refractivity contribution is 0.575. The molecule has 0 unspecified atom stereocenters. The molecule has 0 amide bonds. The summed E-state index contributed by atoms with van der Waals surface area (Å²) < 4.78 is 0. The van der Waals surface area contributed by atoms with Gasteiger partial charge in [0.1, 0.15) is 5.82 Å². The molecule has 0 bridgehead atoms. The number of rotatable bonds is 6. The zero-order valence-electron chi connectivity index (χ0n) is 16.9. The molecule has 5 heteroatoms. The normalized spacial score (nSPS) is 14.3. The third-order valence-corrected chi connectivity index (χ3v) is 5.49. The molecule has 0 spiro atoms. The van der Waals surface area contributed by atoms with Crippen molar-refractivity contribution in [1.82, 2.24) is 9.97 Å². The van der Waals surface area contributed by atoms with E-state index >= 15 is 0 Å². The van der Waals surface area contributed by atoms with Gasteiger partial charge in [-0.15, -0.1) is 0 Å². The van der Waals surface area contributed by atoms with Gasteiger partial charge in [-0.25, -0.2) is 4.98 Å². The summed E-state index contributed by atoms with van der Waals surface area (Å²) in [6.07, 6.45) is 3.77. The zero-order valence-corrected chi connectivity index (χ0v) is 16.9. The molecule has 4 rings (SSSR count). The van der Waals surface area contributed by atoms with Gasteiger partial charge in [0.05, 0.1) is 5.52 Å². The monoisotopic (exact) mass is 375 g/mol. The lowest BCUT2D eigenvalue weighted by atomic mass is 10.1. The van der Waals surface area contributed by atoms with Crippen LogP contribution >= 0.6 is 0 Å². The Kier molecular flexibility index (Phi) is 5.60. The fourth-order valence-corrected chi connectivity index (χ4v) is 3.94. The van der Waals surface area contributed by atoms with E-state index in [1.165, 1.54) is 24.9 Å². The van der Waals surface area contributed by atoms with Crippen LogP contribution in [-0.4, -0.2) is 36.1 Å². The molecule has 1 aliphatic rings. The SMILES string of the molecule is CCN(CC)c1ccc(Nc2nc(N3CCCCC3)c3ccccc3n2)cc1. The van der Waals surface area contributed by atoms with Gasteiger partial charge >= 0.3 is 0 Å². The van der Waals surface area contributed by atoms with Gasteiger partial charge in [0.15, 0.2) is 0 Å². The number of nitrogens with one attached hydrogen (secondary N) is 1. The van der Waals surface area contributed by atoms with Gasteiger partial charge in [0.25, 0.3) is 0 Å². The number of fused-ring (bicyclic) bond motifs is 1. The van der Waals surface area contributed by atoms with Crippen LogP contribution in [-0.2, 0) is 0 Å². The van der Waals surface area contributed by atoms with Crippen molar-refractivity contribution in [2.75, 3.05) is 41.3 Å². The molecule has 0 radical (unpaired) electrons. The summed E-state index contributed by atoms with van der Waals surface area (Å²) in [6, 6.07) is 16.8. The quantitative estimate of drug-likeness (QED) is 0.641. The number of anilines is 4. The van der Waals surface area contributed by atoms with Crippen molar-refractivity contribution in [3.05, 3.63) is 48.5 Å². The Balaban J connectivity index is 1.63. The van der Waals surface area contributed by atoms with Crippen LogP contribution in [0.2, 0.25) is 0 Å². The van der Waals surface area contributed by atoms with Gasteiger partial charge in [-0.2, -0.15) is 4.98 Å². The first-order valence-electron chi connectivity index (χ1n) is 10.4. The van der Waals surface area contributed by atoms with Crippen LogP contribution in [0.3, 0.4) is 0 Å². The van der Waals surface area contributed by atoms with E-state index in [0.29, 0.717) is 5.95 Å². The first kappa shape index (κ1) is 18.5. The molecule has 5 nitrogen and oxygen atoms in total. The van der Waals surface area contributed by atoms with Crippen molar-refractivity contribution in [2.24, 2.45) is 0 Å². The van der Waals surface area contributed by atoms with Gasteiger partial charge in [-0.1, -0.05) is 12.1 Å². The molecule has 0 saturated carbocycles. The molecular formula is C23H29N5. The van der Waals surface area contributed by atoms with Gasteiger partial charge < -0.3 is 15.1 Å². The standard InChI is InChI=1S/C23H29N5/c1-3-27(4-2)19-14-12-18(13-15-19)24-23-25-21-11-7-6-10-20(21)22(26-23)28-16-8-5-9-17-28/h6-7,10-15H,3-5,8-9,16-17H2,1-2H3,(H,24,25,26). The molecule has 2 heterocycles. The molecule has 1 fully saturated rings. The van der Waals surface area contributed by atoms with Crippen molar-refractivity contribution >= 4 is 34.0 Å². The summed E-state index contributed by atoms with van der Waals surface area (Å²) >= 11 is 0. The van der Waals surface area contributed by atoms with E-state index in [2.05, 4.69) is 71.4 Å². The Morgan fingerprint density at radius 3 is 2.32 bits per heavy atom. The second-order valence-electron chi connectivity index (χ2n) is 7.28. The van der Waals surface area contributed by atoms with Crippen molar-refractivity contribution in [3.63, 3.8) is 0 Å². The Hall–Kier alpha value is -2.82. The topological polar surface area (TPSA) is 44.3 Å². The molecule has 1 aliphatic heterocycles. The lowest BCUT2D eigenvalue weighted by Gasteiger charge is -2.29. The number of nitrogens with zero attached hydrogens (tertiary/aromatic N) is 4. The Bertz CT molecular complexity index is 912. The number of hydrogen-bond acceptors (Lipinski definition) is 5. The van der Waals surface area contributed by atoms with Crippen molar-refractivity contribution in [3.8, 4) is 0 Å². The van der Waals surface area contributed by atoms with E-state index in [-0.39, 0.29) is 0 Å². The minimum Gasteiger partial charge on any atom is -0.372 e. The summed E-state index contributed by atoms with van der Waals surface area (Å²) in [5.74, 6) is 1.71. The lowest BCUT2D eigenvalue weighted by Crippen LogP contribution is -2.30. The maximum atomic E-state index is 4.90. The molecule has 0 aliphatic carbocycles. The Labute approximate surface area is 167 Å². The number of aromatic nitrogens is 2. The van der Waals surface area contributed by atoms with Gasteiger partial charge in [0, 0.05) is 42.9 Å². The minimum absolute atomic E-state index is 0.662. The smallest absolute Gasteiger partial charge is 0.229 e. The molecule has 0 atom stereocenters. The van der Waals surface area contributed by atoms with E-state index in [4.69, 9.17) is 9.97 Å². The van der Waals surface area contributed by atoms with Gasteiger partial charge in [-0.05, 0) is 69.5 Å². The minimum atomic E-state index is 0.662. The second-order valence-corrected chi connectivity index (χ2v) is 7.28. The highest BCUT2D eigenvalue weighted by Gasteiger charge is 2.17. The highest BCUT2D eigenvalue weighted by molar-refractivity contribution is 5.90. The second kappa shape index (κ2) is 8.46. The Morgan fingerprint density at radius 1 is 0.893 bits per heavy atom. The maximum absolute atomic E-state index is 4.90. The third-order valence-electron chi connectivity index (χ3n) is 5.49. The van der Waals surface area contributed by atoms with E-state index in [0.717, 1.165) is 48.6 Å². The van der Waals surface area contributed by atoms with Crippen LogP contribution in [0, 0.1) is 0 Å². The van der Waals surface area contributed by atoms with Gasteiger partial charge in [-0.3, -0.25) is 0 Å². The fraction of sp³-hybridized carbons (Fsp3) is 0.391. The highest BCUT2D eigenvalue weighted by Crippen LogP contribution is 2.29. The summed E-state index contributed by atoms with van der Waals surface area (Å²) in [4.78, 5) is 14.4. The maximum Gasteiger partial charge on any atom is 0.229 e. The third kappa shape index (κ3) is 3.88. The van der Waals surface area contributed by atoms with E-state index in [9.17, 15) is 0 Å². The predicted molar refractivity (Wildman–Crippen MR) is 119 cm³/mol. The van der Waals surface area contributed by atoms with E-state index in [1.54, 1.807) is 0 Å². The van der Waals surface area contributed by atoms with Crippen molar-refractivity contribution in [1.29, 1.82) is 0 Å². The highest BCUT2D eigenvalue weighted by atomic mass is 15.2. The van der Waals surface area contributed by atoms with Crippen LogP contribution in [0.25, 0.3) is 10.9 Å². The summed E-state index contributed by atoms with van der Waals surface area (Å²) in [5.41, 5.74) is 3.24. The fourth-order valence-electron chi connectivity index (χ4n) is 3.94. The number of piperidine rings is 1. The molecule has 2 aromatic carbocycles. The summed E-state index contributed by atoms with van der Waals surface area (Å²) in [5, 5.41) is 4.54. The largest absolute Gasteiger partial charge is 0.372 e. The molecule has 1 aromatic heterocycles. The zero-order chi connectivity index (χ0) is 19.3. The average molecular weight is 376 g/mol. The Morgan fingerprint density at radius 2 is 1.61 bits per heavy atom. The number of hydrogen-bond donors (Lipinski definition) is 1. The average Bonchev–Trinajstić information content (AvgIpc) is 2.76. The molecule has 1 saturated heterocycles. The van der Waals surface area contributed by atoms with Crippen LogP contribution in [0.15, 0.2) is 48.5 Å². The van der Waals surface area contributed by atoms with Crippen molar-refractivity contribution < 1.29 is 0 Å². The van der Waals surface area contributed by atoms with Crippen LogP contribution in [0.5, 0.6) is 0 Å². The first-order valence-corrected chi connectivity index (χ1v) is 10.4. The molecule has 1 N–H and O–H groups in total.